The maximum atomic E-state index is 11.9. The first kappa shape index (κ1) is 15.9. The van der Waals surface area contributed by atoms with Crippen LogP contribution in [0.2, 0.25) is 0 Å². The summed E-state index contributed by atoms with van der Waals surface area (Å²) >= 11 is 1.96. The molecule has 0 radical (unpaired) electrons. The minimum atomic E-state index is -0.620. The molecule has 106 valence electrons. The van der Waals surface area contributed by atoms with Crippen molar-refractivity contribution >= 4 is 34.7 Å². The summed E-state index contributed by atoms with van der Waals surface area (Å²) in [5, 5.41) is 3.97. The average molecular weight is 380 g/mol. The van der Waals surface area contributed by atoms with Gasteiger partial charge in [-0.2, -0.15) is 9.78 Å². The molecule has 0 unspecified atom stereocenters. The van der Waals surface area contributed by atoms with Gasteiger partial charge in [-0.25, -0.2) is 9.59 Å². The highest BCUT2D eigenvalue weighted by atomic mass is 127. The first-order valence-electron chi connectivity index (χ1n) is 5.83. The van der Waals surface area contributed by atoms with Crippen LogP contribution in [0, 0.1) is 10.5 Å². The number of hydrogen-bond donors (Lipinski definition) is 0. The third kappa shape index (κ3) is 3.92. The zero-order chi connectivity index (χ0) is 14.8. The zero-order valence-corrected chi connectivity index (χ0v) is 13.8. The normalized spacial score (nSPS) is 11.3. The maximum Gasteiger partial charge on any atom is 0.435 e. The third-order valence-electron chi connectivity index (χ3n) is 2.08. The van der Waals surface area contributed by atoms with E-state index in [1.54, 1.807) is 34.6 Å². The van der Waals surface area contributed by atoms with E-state index in [0.29, 0.717) is 9.26 Å². The van der Waals surface area contributed by atoms with Crippen molar-refractivity contribution in [3.63, 3.8) is 0 Å². The Morgan fingerprint density at radius 2 is 1.95 bits per heavy atom. The lowest BCUT2D eigenvalue weighted by Crippen LogP contribution is -2.28. The van der Waals surface area contributed by atoms with Gasteiger partial charge in [-0.15, -0.1) is 0 Å². The molecule has 0 saturated carbocycles. The van der Waals surface area contributed by atoms with Gasteiger partial charge in [-0.05, 0) is 57.2 Å². The van der Waals surface area contributed by atoms with Gasteiger partial charge in [-0.3, -0.25) is 0 Å². The summed E-state index contributed by atoms with van der Waals surface area (Å²) in [5.41, 5.74) is 0.0640. The van der Waals surface area contributed by atoms with Gasteiger partial charge in [0.2, 0.25) is 0 Å². The Morgan fingerprint density at radius 3 is 2.42 bits per heavy atom. The molecule has 1 aromatic heterocycles. The van der Waals surface area contributed by atoms with Crippen LogP contribution in [0.1, 0.15) is 43.9 Å². The van der Waals surface area contributed by atoms with Crippen LogP contribution in [-0.4, -0.2) is 34.1 Å². The quantitative estimate of drug-likeness (QED) is 0.583. The first-order valence-corrected chi connectivity index (χ1v) is 6.90. The van der Waals surface area contributed by atoms with E-state index in [1.165, 1.54) is 0 Å². The lowest BCUT2D eigenvalue weighted by atomic mass is 10.2. The number of halogens is 1. The van der Waals surface area contributed by atoms with Crippen molar-refractivity contribution in [2.45, 2.75) is 40.2 Å². The molecule has 19 heavy (non-hydrogen) atoms. The Kier molecular flexibility index (Phi) is 4.94. The predicted molar refractivity (Wildman–Crippen MR) is 77.3 cm³/mol. The average Bonchev–Trinajstić information content (AvgIpc) is 2.54. The molecule has 6 nitrogen and oxygen atoms in total. The van der Waals surface area contributed by atoms with Crippen molar-refractivity contribution in [2.24, 2.45) is 0 Å². The van der Waals surface area contributed by atoms with Gasteiger partial charge in [0.15, 0.2) is 5.69 Å². The fourth-order valence-electron chi connectivity index (χ4n) is 1.30. The number of hydrogen-bond acceptors (Lipinski definition) is 5. The Hall–Kier alpha value is -1.12. The predicted octanol–water partition coefficient (Wildman–Crippen LogP) is 2.76. The molecule has 0 aliphatic rings. The summed E-state index contributed by atoms with van der Waals surface area (Å²) in [6, 6.07) is 0. The molecule has 0 saturated heterocycles. The van der Waals surface area contributed by atoms with E-state index >= 15 is 0 Å². The standard InChI is InChI=1S/C12H17IN2O4/c1-6-18-10(16)9-8(13)7(2)15(14-9)11(17)19-12(3,4)5/h6H2,1-5H3. The lowest BCUT2D eigenvalue weighted by molar-refractivity contribution is 0.0499. The van der Waals surface area contributed by atoms with Gasteiger partial charge in [0, 0.05) is 0 Å². The number of carbonyl (C=O) groups is 2. The highest BCUT2D eigenvalue weighted by Crippen LogP contribution is 2.19. The Morgan fingerprint density at radius 1 is 1.37 bits per heavy atom. The molecule has 1 heterocycles. The molecule has 0 bridgehead atoms. The van der Waals surface area contributed by atoms with Crippen LogP contribution in [0.4, 0.5) is 4.79 Å². The summed E-state index contributed by atoms with van der Waals surface area (Å²) in [7, 11) is 0. The highest BCUT2D eigenvalue weighted by Gasteiger charge is 2.26. The molecule has 0 atom stereocenters. The van der Waals surface area contributed by atoms with Crippen molar-refractivity contribution in [2.75, 3.05) is 6.61 Å². The van der Waals surface area contributed by atoms with E-state index in [2.05, 4.69) is 5.10 Å². The molecule has 1 aromatic rings. The van der Waals surface area contributed by atoms with Crippen LogP contribution in [0.3, 0.4) is 0 Å². The van der Waals surface area contributed by atoms with E-state index in [4.69, 9.17) is 9.47 Å². The number of ether oxygens (including phenoxy) is 2. The summed E-state index contributed by atoms with van der Waals surface area (Å²) in [6.07, 6.45) is -0.613. The van der Waals surface area contributed by atoms with Crippen LogP contribution in [0.5, 0.6) is 0 Å². The monoisotopic (exact) mass is 380 g/mol. The second-order valence-corrected chi connectivity index (χ2v) is 5.94. The third-order valence-corrected chi connectivity index (χ3v) is 3.37. The molecule has 0 aliphatic heterocycles. The second-order valence-electron chi connectivity index (χ2n) is 4.86. The molecule has 7 heteroatoms. The highest BCUT2D eigenvalue weighted by molar-refractivity contribution is 14.1. The van der Waals surface area contributed by atoms with Crippen molar-refractivity contribution in [1.29, 1.82) is 0 Å². The maximum absolute atomic E-state index is 11.9. The van der Waals surface area contributed by atoms with E-state index < -0.39 is 17.7 Å². The van der Waals surface area contributed by atoms with Crippen molar-refractivity contribution in [1.82, 2.24) is 9.78 Å². The largest absolute Gasteiger partial charge is 0.461 e. The minimum Gasteiger partial charge on any atom is -0.461 e. The molecule has 0 aliphatic carbocycles. The van der Waals surface area contributed by atoms with Crippen LogP contribution in [-0.2, 0) is 9.47 Å². The number of nitrogens with zero attached hydrogens (tertiary/aromatic N) is 2. The Bertz CT molecular complexity index is 503. The molecule has 0 aromatic carbocycles. The van der Waals surface area contributed by atoms with Gasteiger partial charge in [-0.1, -0.05) is 0 Å². The van der Waals surface area contributed by atoms with E-state index in [0.717, 1.165) is 4.68 Å². The van der Waals surface area contributed by atoms with Gasteiger partial charge in [0.05, 0.1) is 15.9 Å². The van der Waals surface area contributed by atoms with Gasteiger partial charge < -0.3 is 9.47 Å². The SMILES string of the molecule is CCOC(=O)c1nn(C(=O)OC(C)(C)C)c(C)c1I. The zero-order valence-electron chi connectivity index (χ0n) is 11.6. The number of esters is 1. The molecule has 1 rings (SSSR count). The summed E-state index contributed by atoms with van der Waals surface area (Å²) in [5.74, 6) is -0.544. The van der Waals surface area contributed by atoms with Crippen molar-refractivity contribution in [3.8, 4) is 0 Å². The number of rotatable bonds is 2. The summed E-state index contributed by atoms with van der Waals surface area (Å²) in [4.78, 5) is 23.6. The summed E-state index contributed by atoms with van der Waals surface area (Å²) in [6.45, 7) is 8.96. The van der Waals surface area contributed by atoms with Crippen LogP contribution < -0.4 is 0 Å². The van der Waals surface area contributed by atoms with E-state index in [1.807, 2.05) is 22.6 Å². The van der Waals surface area contributed by atoms with E-state index in [9.17, 15) is 9.59 Å². The fraction of sp³-hybridized carbons (Fsp3) is 0.583. The molecule has 0 fully saturated rings. The molecule has 0 amide bonds. The van der Waals surface area contributed by atoms with Crippen molar-refractivity contribution < 1.29 is 19.1 Å². The Balaban J connectivity index is 3.08. The number of aromatic nitrogens is 2. The Labute approximate surface area is 125 Å². The van der Waals surface area contributed by atoms with Crippen LogP contribution in [0.25, 0.3) is 0 Å². The van der Waals surface area contributed by atoms with Crippen LogP contribution in [0.15, 0.2) is 0 Å². The molecular formula is C12H17IN2O4. The second kappa shape index (κ2) is 5.89. The first-order chi connectivity index (χ1) is 8.67. The smallest absolute Gasteiger partial charge is 0.435 e. The van der Waals surface area contributed by atoms with Gasteiger partial charge in [0.25, 0.3) is 0 Å². The summed E-state index contributed by atoms with van der Waals surface area (Å²) < 4.78 is 11.8. The van der Waals surface area contributed by atoms with Gasteiger partial charge >= 0.3 is 12.1 Å². The lowest BCUT2D eigenvalue weighted by Gasteiger charge is -2.19. The molecule has 0 N–H and O–H groups in total. The van der Waals surface area contributed by atoms with Gasteiger partial charge in [0.1, 0.15) is 5.60 Å². The van der Waals surface area contributed by atoms with Crippen molar-refractivity contribution in [3.05, 3.63) is 15.0 Å². The molecular weight excluding hydrogens is 363 g/mol. The van der Waals surface area contributed by atoms with Crippen LogP contribution >= 0.6 is 22.6 Å². The molecule has 0 spiro atoms. The number of carbonyl (C=O) groups excluding carboxylic acids is 2. The van der Waals surface area contributed by atoms with E-state index in [-0.39, 0.29) is 12.3 Å². The fourth-order valence-corrected chi connectivity index (χ4v) is 1.85. The minimum absolute atomic E-state index is 0.130. The topological polar surface area (TPSA) is 70.4 Å².